The van der Waals surface area contributed by atoms with Gasteiger partial charge in [-0.3, -0.25) is 9.59 Å². The Morgan fingerprint density at radius 2 is 1.68 bits per heavy atom. The molecule has 3 saturated heterocycles. The molecule has 2 bridgehead atoms. The average molecular weight is 348 g/mol. The number of carbonyl (C=O) groups excluding carboxylic acids is 2. The van der Waals surface area contributed by atoms with Crippen LogP contribution in [0.3, 0.4) is 0 Å². The Morgan fingerprint density at radius 3 is 2.32 bits per heavy atom. The van der Waals surface area contributed by atoms with Gasteiger partial charge in [-0.2, -0.15) is 0 Å². The number of amides is 2. The van der Waals surface area contributed by atoms with E-state index in [-0.39, 0.29) is 23.8 Å². The Kier molecular flexibility index (Phi) is 4.21. The lowest BCUT2D eigenvalue weighted by molar-refractivity contribution is -0.138. The van der Waals surface area contributed by atoms with Crippen LogP contribution >= 0.6 is 0 Å². The maximum atomic E-state index is 14.0. The van der Waals surface area contributed by atoms with E-state index in [1.807, 2.05) is 4.90 Å². The topological polar surface area (TPSA) is 40.6 Å². The second-order valence-corrected chi connectivity index (χ2v) is 7.52. The Balaban J connectivity index is 1.56. The summed E-state index contributed by atoms with van der Waals surface area (Å²) < 4.78 is 28.0. The van der Waals surface area contributed by atoms with Crippen molar-refractivity contribution in [1.82, 2.24) is 9.80 Å². The van der Waals surface area contributed by atoms with Crippen molar-refractivity contribution in [2.45, 2.75) is 38.1 Å². The standard InChI is InChI=1S/C19H22F2N2O2/c20-15-5-2-6-16(21)17(15)19(25)23-10-12-7-8-14(23)11-22(9-12)18(24)13-3-1-4-13/h2,5-6,12-14H,1,3-4,7-11H2/t12-,14+/m0/s1. The molecule has 4 nitrogen and oxygen atoms in total. The van der Waals surface area contributed by atoms with Crippen molar-refractivity contribution < 1.29 is 18.4 Å². The molecule has 3 aliphatic heterocycles. The lowest BCUT2D eigenvalue weighted by atomic mass is 9.84. The molecule has 0 N–H and O–H groups in total. The lowest BCUT2D eigenvalue weighted by Crippen LogP contribution is -2.48. The van der Waals surface area contributed by atoms with Crippen LogP contribution in [-0.2, 0) is 4.79 Å². The summed E-state index contributed by atoms with van der Waals surface area (Å²) in [7, 11) is 0. The molecule has 2 atom stereocenters. The predicted molar refractivity (Wildman–Crippen MR) is 87.8 cm³/mol. The normalized spacial score (nSPS) is 26.3. The Bertz CT molecular complexity index is 684. The maximum Gasteiger partial charge on any atom is 0.260 e. The molecule has 6 heteroatoms. The van der Waals surface area contributed by atoms with Crippen LogP contribution in [0.15, 0.2) is 18.2 Å². The van der Waals surface area contributed by atoms with Crippen molar-refractivity contribution in [2.75, 3.05) is 19.6 Å². The summed E-state index contributed by atoms with van der Waals surface area (Å²) in [5.74, 6) is -1.75. The summed E-state index contributed by atoms with van der Waals surface area (Å²) in [6.07, 6.45) is 4.74. The Morgan fingerprint density at radius 1 is 0.960 bits per heavy atom. The van der Waals surface area contributed by atoms with Gasteiger partial charge in [0, 0.05) is 31.6 Å². The molecule has 1 saturated carbocycles. The van der Waals surface area contributed by atoms with Gasteiger partial charge in [0.1, 0.15) is 17.2 Å². The Labute approximate surface area is 145 Å². The first kappa shape index (κ1) is 16.5. The number of benzene rings is 1. The molecule has 0 spiro atoms. The van der Waals surface area contributed by atoms with E-state index >= 15 is 0 Å². The van der Waals surface area contributed by atoms with Crippen LogP contribution in [0, 0.1) is 23.5 Å². The quantitative estimate of drug-likeness (QED) is 0.825. The van der Waals surface area contributed by atoms with E-state index in [4.69, 9.17) is 0 Å². The van der Waals surface area contributed by atoms with Crippen molar-refractivity contribution in [3.8, 4) is 0 Å². The van der Waals surface area contributed by atoms with Crippen LogP contribution in [0.5, 0.6) is 0 Å². The summed E-state index contributed by atoms with van der Waals surface area (Å²) in [5, 5.41) is 0. The monoisotopic (exact) mass is 348 g/mol. The molecule has 1 aromatic carbocycles. The van der Waals surface area contributed by atoms with Gasteiger partial charge >= 0.3 is 0 Å². The largest absolute Gasteiger partial charge is 0.340 e. The number of nitrogens with zero attached hydrogens (tertiary/aromatic N) is 2. The second-order valence-electron chi connectivity index (χ2n) is 7.52. The van der Waals surface area contributed by atoms with Crippen LogP contribution in [0.1, 0.15) is 42.5 Å². The lowest BCUT2D eigenvalue weighted by Gasteiger charge is -2.36. The van der Waals surface area contributed by atoms with Gasteiger partial charge in [-0.1, -0.05) is 12.5 Å². The number of piperidine rings is 1. The van der Waals surface area contributed by atoms with Crippen molar-refractivity contribution in [3.63, 3.8) is 0 Å². The molecule has 134 valence electrons. The predicted octanol–water partition coefficient (Wildman–Crippen LogP) is 2.83. The van der Waals surface area contributed by atoms with Crippen molar-refractivity contribution in [2.24, 2.45) is 11.8 Å². The maximum absolute atomic E-state index is 14.0. The first-order chi connectivity index (χ1) is 12.0. The van der Waals surface area contributed by atoms with E-state index in [1.54, 1.807) is 4.90 Å². The fraction of sp³-hybridized carbons (Fsp3) is 0.579. The molecule has 2 amide bonds. The molecule has 0 aromatic heterocycles. The van der Waals surface area contributed by atoms with E-state index in [0.29, 0.717) is 19.6 Å². The first-order valence-corrected chi connectivity index (χ1v) is 9.08. The minimum atomic E-state index is -0.826. The van der Waals surface area contributed by atoms with Crippen LogP contribution in [0.25, 0.3) is 0 Å². The van der Waals surface area contributed by atoms with Crippen LogP contribution in [0.2, 0.25) is 0 Å². The first-order valence-electron chi connectivity index (χ1n) is 9.08. The van der Waals surface area contributed by atoms with Crippen molar-refractivity contribution in [3.05, 3.63) is 35.4 Å². The summed E-state index contributed by atoms with van der Waals surface area (Å²) in [5.41, 5.74) is -0.480. The zero-order valence-corrected chi connectivity index (χ0v) is 14.1. The molecular weight excluding hydrogens is 326 g/mol. The molecule has 0 unspecified atom stereocenters. The molecule has 4 fully saturated rings. The van der Waals surface area contributed by atoms with Gasteiger partial charge in [0.15, 0.2) is 0 Å². The molecular formula is C19H22F2N2O2. The number of halogens is 2. The fourth-order valence-electron chi connectivity index (χ4n) is 4.27. The van der Waals surface area contributed by atoms with Gasteiger partial charge in [0.05, 0.1) is 0 Å². The highest BCUT2D eigenvalue weighted by atomic mass is 19.1. The summed E-state index contributed by atoms with van der Waals surface area (Å²) >= 11 is 0. The highest BCUT2D eigenvalue weighted by molar-refractivity contribution is 5.95. The van der Waals surface area contributed by atoms with Crippen molar-refractivity contribution in [1.29, 1.82) is 0 Å². The second kappa shape index (κ2) is 6.39. The Hall–Kier alpha value is -1.98. The number of hydrogen-bond donors (Lipinski definition) is 0. The highest BCUT2D eigenvalue weighted by Crippen LogP contribution is 2.34. The fourth-order valence-corrected chi connectivity index (χ4v) is 4.27. The molecule has 1 aliphatic carbocycles. The minimum absolute atomic E-state index is 0.130. The third-order valence-corrected chi connectivity index (χ3v) is 5.92. The summed E-state index contributed by atoms with van der Waals surface area (Å²) in [6, 6.07) is 3.32. The van der Waals surface area contributed by atoms with Gasteiger partial charge in [0.25, 0.3) is 5.91 Å². The van der Waals surface area contributed by atoms with Gasteiger partial charge in [-0.25, -0.2) is 8.78 Å². The summed E-state index contributed by atoms with van der Waals surface area (Å²) in [6.45, 7) is 1.59. The number of rotatable bonds is 2. The molecule has 1 aromatic rings. The van der Waals surface area contributed by atoms with Crippen LogP contribution in [-0.4, -0.2) is 47.3 Å². The molecule has 4 aliphatic rings. The molecule has 0 radical (unpaired) electrons. The molecule has 25 heavy (non-hydrogen) atoms. The van der Waals surface area contributed by atoms with E-state index in [0.717, 1.165) is 44.2 Å². The van der Waals surface area contributed by atoms with Gasteiger partial charge in [-0.05, 0) is 43.7 Å². The average Bonchev–Trinajstić information content (AvgIpc) is 2.84. The van der Waals surface area contributed by atoms with Gasteiger partial charge in [0.2, 0.25) is 5.91 Å². The smallest absolute Gasteiger partial charge is 0.260 e. The third kappa shape index (κ3) is 2.92. The van der Waals surface area contributed by atoms with Crippen molar-refractivity contribution >= 4 is 11.8 Å². The zero-order chi connectivity index (χ0) is 17.6. The highest BCUT2D eigenvalue weighted by Gasteiger charge is 2.41. The van der Waals surface area contributed by atoms with E-state index in [2.05, 4.69) is 0 Å². The van der Waals surface area contributed by atoms with Gasteiger partial charge in [-0.15, -0.1) is 0 Å². The van der Waals surface area contributed by atoms with E-state index < -0.39 is 23.1 Å². The van der Waals surface area contributed by atoms with Crippen LogP contribution < -0.4 is 0 Å². The zero-order valence-electron chi connectivity index (χ0n) is 14.1. The minimum Gasteiger partial charge on any atom is -0.340 e. The third-order valence-electron chi connectivity index (χ3n) is 5.92. The van der Waals surface area contributed by atoms with Gasteiger partial charge < -0.3 is 9.80 Å². The number of hydrogen-bond acceptors (Lipinski definition) is 2. The molecule has 5 rings (SSSR count). The summed E-state index contributed by atoms with van der Waals surface area (Å²) in [4.78, 5) is 28.9. The molecule has 3 heterocycles. The SMILES string of the molecule is O=C(C1CCC1)N1C[C@@H]2CC[C@H](C1)N(C(=O)c1c(F)cccc1F)C2. The number of carbonyl (C=O) groups is 2. The van der Waals surface area contributed by atoms with E-state index in [9.17, 15) is 18.4 Å². The van der Waals surface area contributed by atoms with Crippen LogP contribution in [0.4, 0.5) is 8.78 Å². The van der Waals surface area contributed by atoms with E-state index in [1.165, 1.54) is 6.07 Å². The number of fused-ring (bicyclic) bond motifs is 4.